The molecule has 4 rings (SSSR count). The van der Waals surface area contributed by atoms with E-state index >= 15 is 0 Å². The molecule has 0 fully saturated rings. The molecule has 2 aliphatic heterocycles. The molecular weight excluding hydrogens is 464 g/mol. The Morgan fingerprint density at radius 3 is 2.45 bits per heavy atom. The van der Waals surface area contributed by atoms with Crippen molar-refractivity contribution in [2.24, 2.45) is 10.1 Å². The van der Waals surface area contributed by atoms with Crippen LogP contribution < -0.4 is 9.47 Å². The number of hydrogen-bond donors (Lipinski definition) is 1. The van der Waals surface area contributed by atoms with E-state index in [0.717, 1.165) is 34.3 Å². The summed E-state index contributed by atoms with van der Waals surface area (Å²) in [7, 11) is -3.57. The van der Waals surface area contributed by atoms with E-state index in [9.17, 15) is 13.2 Å². The molecule has 9 nitrogen and oxygen atoms in total. The van der Waals surface area contributed by atoms with Crippen LogP contribution >= 0.6 is 11.8 Å². The maximum absolute atomic E-state index is 12.4. The van der Waals surface area contributed by atoms with Gasteiger partial charge in [-0.1, -0.05) is 24.3 Å². The molecule has 2 aromatic rings. The van der Waals surface area contributed by atoms with E-state index in [-0.39, 0.29) is 21.0 Å². The molecule has 0 unspecified atom stereocenters. The first-order valence-corrected chi connectivity index (χ1v) is 12.5. The number of rotatable bonds is 6. The monoisotopic (exact) mass is 484 g/mol. The lowest BCUT2D eigenvalue weighted by atomic mass is 10.1. The van der Waals surface area contributed by atoms with E-state index in [1.807, 2.05) is 31.2 Å². The quantitative estimate of drug-likeness (QED) is 0.494. The number of nitrogens with one attached hydrogen (secondary N) is 1. The number of sulfone groups is 1. The maximum atomic E-state index is 12.4. The van der Waals surface area contributed by atoms with Crippen molar-refractivity contribution >= 4 is 49.0 Å². The van der Waals surface area contributed by atoms with Gasteiger partial charge < -0.3 is 9.47 Å². The molecule has 0 bridgehead atoms. The molecule has 2 aromatic carbocycles. The van der Waals surface area contributed by atoms with Crippen molar-refractivity contribution in [1.29, 1.82) is 5.41 Å². The van der Waals surface area contributed by atoms with Gasteiger partial charge in [-0.3, -0.25) is 10.2 Å². The number of ether oxygens (including phenoxy) is 2. The molecule has 170 valence electrons. The first-order chi connectivity index (χ1) is 15.7. The summed E-state index contributed by atoms with van der Waals surface area (Å²) in [4.78, 5) is 16.3. The molecule has 33 heavy (non-hydrogen) atoms. The van der Waals surface area contributed by atoms with Gasteiger partial charge >= 0.3 is 0 Å². The molecule has 0 aromatic heterocycles. The van der Waals surface area contributed by atoms with Crippen molar-refractivity contribution in [3.8, 4) is 11.5 Å². The van der Waals surface area contributed by atoms with Crippen LogP contribution in [0, 0.1) is 12.3 Å². The molecule has 0 saturated heterocycles. The minimum Gasteiger partial charge on any atom is -0.490 e. The van der Waals surface area contributed by atoms with Gasteiger partial charge in [-0.05, 0) is 60.2 Å². The fourth-order valence-corrected chi connectivity index (χ4v) is 4.66. The average molecular weight is 485 g/mol. The van der Waals surface area contributed by atoms with Crippen LogP contribution in [0.4, 0.5) is 0 Å². The van der Waals surface area contributed by atoms with Crippen molar-refractivity contribution in [1.82, 2.24) is 5.01 Å². The molecule has 0 radical (unpaired) electrons. The van der Waals surface area contributed by atoms with Crippen molar-refractivity contribution in [3.63, 3.8) is 0 Å². The van der Waals surface area contributed by atoms with Crippen molar-refractivity contribution in [2.75, 3.05) is 19.5 Å². The molecule has 1 amide bonds. The normalized spacial score (nSPS) is 17.0. The second-order valence-corrected chi connectivity index (χ2v) is 10.4. The van der Waals surface area contributed by atoms with Gasteiger partial charge in [0.25, 0.3) is 5.91 Å². The summed E-state index contributed by atoms with van der Waals surface area (Å²) in [6.07, 6.45) is 2.52. The summed E-state index contributed by atoms with van der Waals surface area (Å²) in [5.41, 5.74) is 1.79. The van der Waals surface area contributed by atoms with E-state index in [1.165, 1.54) is 6.08 Å². The molecular formula is C22H20N4O5S2. The predicted molar refractivity (Wildman–Crippen MR) is 128 cm³/mol. The van der Waals surface area contributed by atoms with Crippen LogP contribution in [0.3, 0.4) is 0 Å². The molecule has 0 spiro atoms. The highest BCUT2D eigenvalue weighted by Gasteiger charge is 2.38. The van der Waals surface area contributed by atoms with Crippen LogP contribution in [0.1, 0.15) is 11.1 Å². The Morgan fingerprint density at radius 2 is 1.79 bits per heavy atom. The number of benzene rings is 2. The van der Waals surface area contributed by atoms with Gasteiger partial charge in [0.05, 0.1) is 5.57 Å². The summed E-state index contributed by atoms with van der Waals surface area (Å²) in [6.45, 7) is 2.76. The molecule has 2 heterocycles. The minimum absolute atomic E-state index is 0.0121. The van der Waals surface area contributed by atoms with E-state index in [2.05, 4.69) is 10.1 Å². The van der Waals surface area contributed by atoms with Crippen molar-refractivity contribution in [2.45, 2.75) is 6.92 Å². The van der Waals surface area contributed by atoms with Gasteiger partial charge in [0.2, 0.25) is 19.4 Å². The van der Waals surface area contributed by atoms with Crippen molar-refractivity contribution < 1.29 is 22.7 Å². The largest absolute Gasteiger partial charge is 0.490 e. The fourth-order valence-electron chi connectivity index (χ4n) is 2.98. The number of hydrogen-bond acceptors (Lipinski definition) is 8. The second kappa shape index (κ2) is 9.20. The first kappa shape index (κ1) is 22.7. The number of aryl methyl sites for hydroxylation is 1. The van der Waals surface area contributed by atoms with Crippen LogP contribution in [0.2, 0.25) is 0 Å². The Hall–Kier alpha value is -3.44. The van der Waals surface area contributed by atoms with Gasteiger partial charge in [-0.25, -0.2) is 8.42 Å². The smallest absolute Gasteiger partial charge is 0.283 e. The molecule has 0 atom stereocenters. The van der Waals surface area contributed by atoms with E-state index < -0.39 is 15.7 Å². The Morgan fingerprint density at radius 1 is 1.09 bits per heavy atom. The standard InChI is InChI=1S/C22H20N4O5S2/c1-14-4-3-5-17(12-14)31-11-10-30-16-8-6-15(7-9-16)13-18-19(23)26-21(24-20(18)27)32-22(25-26)33(2,28)29/h3-9,12-13,23H,10-11H2,1-2H3/b18-13-,23-19?. The number of aliphatic imine (C=N–C) groups is 1. The number of thioether (sulfide) groups is 1. The Bertz CT molecular complexity index is 1310. The average Bonchev–Trinajstić information content (AvgIpc) is 3.20. The Labute approximate surface area is 195 Å². The third-order valence-corrected chi connectivity index (χ3v) is 7.13. The highest BCUT2D eigenvalue weighted by Crippen LogP contribution is 2.30. The van der Waals surface area contributed by atoms with Crippen LogP contribution in [0.15, 0.2) is 64.2 Å². The van der Waals surface area contributed by atoms with E-state index in [4.69, 9.17) is 14.9 Å². The van der Waals surface area contributed by atoms with Gasteiger partial charge in [0.15, 0.2) is 5.84 Å². The Kier molecular flexibility index (Phi) is 6.34. The lowest BCUT2D eigenvalue weighted by Crippen LogP contribution is -2.35. The number of amidine groups is 2. The number of carbonyl (C=O) groups excluding carboxylic acids is 1. The number of hydrazone groups is 1. The molecule has 1 N–H and O–H groups in total. The summed E-state index contributed by atoms with van der Waals surface area (Å²) >= 11 is 0.750. The number of nitrogens with zero attached hydrogens (tertiary/aromatic N) is 3. The van der Waals surface area contributed by atoms with E-state index in [0.29, 0.717) is 24.5 Å². The zero-order chi connectivity index (χ0) is 23.6. The third kappa shape index (κ3) is 5.32. The van der Waals surface area contributed by atoms with Crippen LogP contribution in [-0.4, -0.2) is 54.2 Å². The van der Waals surface area contributed by atoms with Gasteiger partial charge in [0, 0.05) is 6.26 Å². The van der Waals surface area contributed by atoms with Crippen LogP contribution in [0.25, 0.3) is 6.08 Å². The SMILES string of the molecule is Cc1cccc(OCCOc2ccc(/C=C3/C(=N)N4N=C(S(C)(=O)=O)SC4=NC3=O)cc2)c1. The minimum atomic E-state index is -3.57. The van der Waals surface area contributed by atoms with Gasteiger partial charge in [-0.2, -0.15) is 10.0 Å². The zero-order valence-corrected chi connectivity index (χ0v) is 19.4. The van der Waals surface area contributed by atoms with Crippen molar-refractivity contribution in [3.05, 3.63) is 65.2 Å². The number of amides is 1. The van der Waals surface area contributed by atoms with Crippen LogP contribution in [0.5, 0.6) is 11.5 Å². The number of carbonyl (C=O) groups is 1. The van der Waals surface area contributed by atoms with E-state index in [1.54, 1.807) is 24.3 Å². The topological polar surface area (TPSA) is 121 Å². The molecule has 11 heteroatoms. The van der Waals surface area contributed by atoms with Gasteiger partial charge in [0.1, 0.15) is 24.7 Å². The summed E-state index contributed by atoms with van der Waals surface area (Å²) in [5.74, 6) is 0.561. The highest BCUT2D eigenvalue weighted by molar-refractivity contribution is 8.42. The second-order valence-electron chi connectivity index (χ2n) is 7.24. The summed E-state index contributed by atoms with van der Waals surface area (Å²) < 4.78 is 34.6. The van der Waals surface area contributed by atoms with Gasteiger partial charge in [-0.15, -0.1) is 5.10 Å². The Balaban J connectivity index is 1.39. The summed E-state index contributed by atoms with van der Waals surface area (Å²) in [5, 5.41) is 13.3. The lowest BCUT2D eigenvalue weighted by Gasteiger charge is -2.20. The molecule has 0 saturated carbocycles. The molecule has 0 aliphatic carbocycles. The molecule has 2 aliphatic rings. The van der Waals surface area contributed by atoms with Crippen LogP contribution in [-0.2, 0) is 14.6 Å². The zero-order valence-electron chi connectivity index (χ0n) is 17.8. The predicted octanol–water partition coefficient (Wildman–Crippen LogP) is 3.07. The lowest BCUT2D eigenvalue weighted by molar-refractivity contribution is -0.114. The number of fused-ring (bicyclic) bond motifs is 1. The fraction of sp³-hybridized carbons (Fsp3) is 0.182. The summed E-state index contributed by atoms with van der Waals surface area (Å²) in [6, 6.07) is 14.8. The highest BCUT2D eigenvalue weighted by atomic mass is 32.3. The first-order valence-electron chi connectivity index (χ1n) is 9.83. The third-order valence-electron chi connectivity index (χ3n) is 4.55. The maximum Gasteiger partial charge on any atom is 0.283 e.